The highest BCUT2D eigenvalue weighted by atomic mass is 32.2. The van der Waals surface area contributed by atoms with Gasteiger partial charge in [0.2, 0.25) is 10.0 Å². The molecule has 0 aromatic heterocycles. The molecule has 4 nitrogen and oxygen atoms in total. The average Bonchev–Trinajstić information content (AvgIpc) is 2.93. The summed E-state index contributed by atoms with van der Waals surface area (Å²) in [4.78, 5) is 0. The molecule has 0 saturated heterocycles. The lowest BCUT2D eigenvalue weighted by atomic mass is 10.3. The van der Waals surface area contributed by atoms with Gasteiger partial charge in [-0.15, -0.1) is 0 Å². The van der Waals surface area contributed by atoms with E-state index in [1.54, 1.807) is 0 Å². The van der Waals surface area contributed by atoms with Crippen molar-refractivity contribution >= 4 is 15.7 Å². The lowest BCUT2D eigenvalue weighted by Crippen LogP contribution is -2.17. The molecule has 1 fully saturated rings. The average molecular weight is 245 g/mol. The zero-order chi connectivity index (χ0) is 11.8. The zero-order valence-electron chi connectivity index (χ0n) is 8.48. The van der Waals surface area contributed by atoms with Gasteiger partial charge in [0, 0.05) is 6.07 Å². The number of anilines is 1. The molecule has 0 unspecified atom stereocenters. The Bertz CT molecular complexity index is 497. The van der Waals surface area contributed by atoms with Crippen LogP contribution in [0, 0.1) is 11.7 Å². The molecule has 0 aliphatic heterocycles. The Labute approximate surface area is 93.2 Å². The minimum absolute atomic E-state index is 0.0158. The van der Waals surface area contributed by atoms with Crippen molar-refractivity contribution in [1.29, 1.82) is 0 Å². The molecule has 2 rings (SSSR count). The Balaban J connectivity index is 2.13. The van der Waals surface area contributed by atoms with Gasteiger partial charge in [0.05, 0.1) is 11.4 Å². The van der Waals surface area contributed by atoms with Gasteiger partial charge in [0.15, 0.2) is 0 Å². The molecule has 0 radical (unpaired) electrons. The maximum absolute atomic E-state index is 12.7. The minimum atomic E-state index is -3.44. The van der Waals surface area contributed by atoms with E-state index in [2.05, 4.69) is 4.72 Å². The maximum atomic E-state index is 12.7. The maximum Gasteiger partial charge on any atom is 0.233 e. The summed E-state index contributed by atoms with van der Waals surface area (Å²) in [5.41, 5.74) is 0.0158. The summed E-state index contributed by atoms with van der Waals surface area (Å²) in [6.07, 6.45) is 1.85. The van der Waals surface area contributed by atoms with Gasteiger partial charge in [-0.3, -0.25) is 4.72 Å². The Morgan fingerprint density at radius 3 is 2.69 bits per heavy atom. The van der Waals surface area contributed by atoms with Gasteiger partial charge in [-0.05, 0) is 30.9 Å². The van der Waals surface area contributed by atoms with Gasteiger partial charge in [-0.2, -0.15) is 0 Å². The van der Waals surface area contributed by atoms with Gasteiger partial charge in [0.1, 0.15) is 11.6 Å². The van der Waals surface area contributed by atoms with E-state index in [1.807, 2.05) is 0 Å². The van der Waals surface area contributed by atoms with Crippen LogP contribution in [-0.2, 0) is 10.0 Å². The van der Waals surface area contributed by atoms with E-state index in [1.165, 1.54) is 6.07 Å². The molecule has 1 aliphatic rings. The quantitative estimate of drug-likeness (QED) is 0.793. The van der Waals surface area contributed by atoms with Crippen molar-refractivity contribution in [2.45, 2.75) is 12.8 Å². The van der Waals surface area contributed by atoms with E-state index in [0.29, 0.717) is 0 Å². The van der Waals surface area contributed by atoms with Crippen molar-refractivity contribution in [3.63, 3.8) is 0 Å². The second-order valence-corrected chi connectivity index (χ2v) is 5.76. The molecular weight excluding hydrogens is 233 g/mol. The highest BCUT2D eigenvalue weighted by Crippen LogP contribution is 2.31. The first kappa shape index (κ1) is 11.2. The molecule has 0 spiro atoms. The standard InChI is InChI=1S/C10H12FNO3S/c11-8-3-4-9(10(13)5-8)12-16(14,15)6-7-1-2-7/h3-5,7,12-13H,1-2,6H2. The molecule has 1 saturated carbocycles. The van der Waals surface area contributed by atoms with Crippen molar-refractivity contribution < 1.29 is 17.9 Å². The number of aromatic hydroxyl groups is 1. The van der Waals surface area contributed by atoms with Gasteiger partial charge in [0.25, 0.3) is 0 Å². The van der Waals surface area contributed by atoms with Gasteiger partial charge in [-0.25, -0.2) is 12.8 Å². The second-order valence-electron chi connectivity index (χ2n) is 3.99. The molecule has 0 heterocycles. The minimum Gasteiger partial charge on any atom is -0.506 e. The van der Waals surface area contributed by atoms with Crippen LogP contribution in [0.5, 0.6) is 5.75 Å². The number of sulfonamides is 1. The topological polar surface area (TPSA) is 66.4 Å². The lowest BCUT2D eigenvalue weighted by molar-refractivity contribution is 0.471. The van der Waals surface area contributed by atoms with E-state index >= 15 is 0 Å². The fourth-order valence-corrected chi connectivity index (χ4v) is 2.94. The number of hydrogen-bond donors (Lipinski definition) is 2. The Morgan fingerprint density at radius 1 is 1.44 bits per heavy atom. The highest BCUT2D eigenvalue weighted by Gasteiger charge is 2.28. The van der Waals surface area contributed by atoms with Crippen LogP contribution in [0.1, 0.15) is 12.8 Å². The Kier molecular flexibility index (Phi) is 2.75. The van der Waals surface area contributed by atoms with Crippen LogP contribution < -0.4 is 4.72 Å². The third-order valence-electron chi connectivity index (χ3n) is 2.38. The van der Waals surface area contributed by atoms with Crippen LogP contribution in [0.25, 0.3) is 0 Å². The summed E-state index contributed by atoms with van der Waals surface area (Å²) in [6, 6.07) is 3.17. The molecule has 6 heteroatoms. The predicted octanol–water partition coefficient (Wildman–Crippen LogP) is 1.68. The number of benzene rings is 1. The van der Waals surface area contributed by atoms with Crippen LogP contribution in [0.2, 0.25) is 0 Å². The van der Waals surface area contributed by atoms with E-state index < -0.39 is 21.6 Å². The molecule has 1 aliphatic carbocycles. The second kappa shape index (κ2) is 3.93. The van der Waals surface area contributed by atoms with E-state index in [9.17, 15) is 17.9 Å². The van der Waals surface area contributed by atoms with Gasteiger partial charge >= 0.3 is 0 Å². The molecule has 88 valence electrons. The largest absolute Gasteiger partial charge is 0.506 e. The fourth-order valence-electron chi connectivity index (χ4n) is 1.40. The molecule has 1 aromatic carbocycles. The van der Waals surface area contributed by atoms with E-state index in [4.69, 9.17) is 0 Å². The third-order valence-corrected chi connectivity index (χ3v) is 3.82. The first-order valence-electron chi connectivity index (χ1n) is 4.95. The first-order valence-corrected chi connectivity index (χ1v) is 6.60. The molecule has 0 bridgehead atoms. The summed E-state index contributed by atoms with van der Waals surface area (Å²) >= 11 is 0. The van der Waals surface area contributed by atoms with Crippen LogP contribution >= 0.6 is 0 Å². The van der Waals surface area contributed by atoms with Crippen molar-refractivity contribution in [1.82, 2.24) is 0 Å². The first-order chi connectivity index (χ1) is 7.46. The van der Waals surface area contributed by atoms with E-state index in [-0.39, 0.29) is 17.4 Å². The van der Waals surface area contributed by atoms with Gasteiger partial charge < -0.3 is 5.11 Å². The van der Waals surface area contributed by atoms with Crippen LogP contribution in [-0.4, -0.2) is 19.3 Å². The van der Waals surface area contributed by atoms with Crippen molar-refractivity contribution in [3.8, 4) is 5.75 Å². The molecular formula is C10H12FNO3S. The number of phenols is 1. The zero-order valence-corrected chi connectivity index (χ0v) is 9.30. The van der Waals surface area contributed by atoms with Crippen LogP contribution in [0.3, 0.4) is 0 Å². The van der Waals surface area contributed by atoms with Crippen LogP contribution in [0.4, 0.5) is 10.1 Å². The van der Waals surface area contributed by atoms with Crippen molar-refractivity contribution in [3.05, 3.63) is 24.0 Å². The summed E-state index contributed by atoms with van der Waals surface area (Å²) < 4.78 is 38.0. The summed E-state index contributed by atoms with van der Waals surface area (Å²) in [7, 11) is -3.44. The Morgan fingerprint density at radius 2 is 2.12 bits per heavy atom. The van der Waals surface area contributed by atoms with E-state index in [0.717, 1.165) is 25.0 Å². The summed E-state index contributed by atoms with van der Waals surface area (Å²) in [6.45, 7) is 0. The molecule has 0 amide bonds. The smallest absolute Gasteiger partial charge is 0.233 e. The number of rotatable bonds is 4. The number of hydrogen-bond acceptors (Lipinski definition) is 3. The fraction of sp³-hybridized carbons (Fsp3) is 0.400. The molecule has 0 atom stereocenters. The monoisotopic (exact) mass is 245 g/mol. The van der Waals surface area contributed by atoms with Crippen molar-refractivity contribution in [2.75, 3.05) is 10.5 Å². The number of nitrogens with one attached hydrogen (secondary N) is 1. The molecule has 2 N–H and O–H groups in total. The van der Waals surface area contributed by atoms with Gasteiger partial charge in [-0.1, -0.05) is 0 Å². The predicted molar refractivity (Wildman–Crippen MR) is 58.2 cm³/mol. The third kappa shape index (κ3) is 2.85. The summed E-state index contributed by atoms with van der Waals surface area (Å²) in [5, 5.41) is 9.34. The SMILES string of the molecule is O=S(=O)(CC1CC1)Nc1ccc(F)cc1O. The number of phenolic OH excluding ortho intramolecular Hbond substituents is 1. The Hall–Kier alpha value is -1.30. The lowest BCUT2D eigenvalue weighted by Gasteiger charge is -2.08. The highest BCUT2D eigenvalue weighted by molar-refractivity contribution is 7.92. The molecule has 1 aromatic rings. The molecule has 16 heavy (non-hydrogen) atoms. The van der Waals surface area contributed by atoms with Crippen molar-refractivity contribution in [2.24, 2.45) is 5.92 Å². The van der Waals surface area contributed by atoms with Crippen LogP contribution in [0.15, 0.2) is 18.2 Å². The normalized spacial score (nSPS) is 16.1. The number of halogens is 1. The summed E-state index contributed by atoms with van der Waals surface area (Å²) in [5.74, 6) is -0.730.